The van der Waals surface area contributed by atoms with Crippen molar-refractivity contribution in [1.29, 1.82) is 0 Å². The zero-order valence-electron chi connectivity index (χ0n) is 8.70. The van der Waals surface area contributed by atoms with Crippen LogP contribution in [0.15, 0.2) is 41.7 Å². The average Bonchev–Trinajstić information content (AvgIpc) is 2.39. The molecule has 5 heteroatoms. The van der Waals surface area contributed by atoms with Gasteiger partial charge in [-0.1, -0.05) is 35.5 Å². The maximum atomic E-state index is 8.65. The molecule has 0 aliphatic rings. The molecular formula is C11H10N4O. The van der Waals surface area contributed by atoms with E-state index in [1.807, 2.05) is 30.3 Å². The van der Waals surface area contributed by atoms with Gasteiger partial charge in [0.2, 0.25) is 0 Å². The number of hydrogen-bond acceptors (Lipinski definition) is 5. The summed E-state index contributed by atoms with van der Waals surface area (Å²) >= 11 is 0. The molecule has 1 N–H and O–H groups in total. The van der Waals surface area contributed by atoms with Crippen molar-refractivity contribution in [3.05, 3.63) is 42.2 Å². The molecule has 0 amide bonds. The summed E-state index contributed by atoms with van der Waals surface area (Å²) < 4.78 is 0. The third kappa shape index (κ3) is 2.03. The first-order valence-electron chi connectivity index (χ1n) is 4.75. The van der Waals surface area contributed by atoms with Crippen LogP contribution >= 0.6 is 0 Å². The molecule has 0 bridgehead atoms. The highest BCUT2D eigenvalue weighted by atomic mass is 16.4. The molecule has 0 unspecified atom stereocenters. The first-order chi connectivity index (χ1) is 7.81. The molecule has 0 radical (unpaired) electrons. The molecule has 0 saturated heterocycles. The van der Waals surface area contributed by atoms with Crippen molar-refractivity contribution in [2.75, 3.05) is 0 Å². The van der Waals surface area contributed by atoms with Crippen molar-refractivity contribution in [3.63, 3.8) is 0 Å². The molecular weight excluding hydrogens is 204 g/mol. The molecule has 1 aromatic carbocycles. The Labute approximate surface area is 92.5 Å². The lowest BCUT2D eigenvalue weighted by Crippen LogP contribution is -2.03. The van der Waals surface area contributed by atoms with Gasteiger partial charge in [-0.15, -0.1) is 5.10 Å². The molecule has 0 atom stereocenters. The van der Waals surface area contributed by atoms with E-state index in [0.717, 1.165) is 5.56 Å². The number of aromatic nitrogens is 3. The summed E-state index contributed by atoms with van der Waals surface area (Å²) in [7, 11) is 0. The molecule has 2 rings (SSSR count). The van der Waals surface area contributed by atoms with Crippen LogP contribution in [0.1, 0.15) is 12.6 Å². The molecule has 0 aliphatic heterocycles. The maximum Gasteiger partial charge on any atom is 0.182 e. The topological polar surface area (TPSA) is 71.3 Å². The lowest BCUT2D eigenvalue weighted by molar-refractivity contribution is 0.319. The molecule has 2 aromatic rings. The van der Waals surface area contributed by atoms with Crippen LogP contribution in [0.3, 0.4) is 0 Å². The number of hydrogen-bond donors (Lipinski definition) is 1. The smallest absolute Gasteiger partial charge is 0.182 e. The average molecular weight is 214 g/mol. The van der Waals surface area contributed by atoms with E-state index in [1.54, 1.807) is 6.92 Å². The number of oxime groups is 1. The molecule has 0 fully saturated rings. The van der Waals surface area contributed by atoms with E-state index in [0.29, 0.717) is 17.2 Å². The summed E-state index contributed by atoms with van der Waals surface area (Å²) in [5.41, 5.74) is 1.80. The fourth-order valence-electron chi connectivity index (χ4n) is 1.24. The van der Waals surface area contributed by atoms with Crippen LogP contribution in [0, 0.1) is 0 Å². The third-order valence-electron chi connectivity index (χ3n) is 2.11. The zero-order chi connectivity index (χ0) is 11.4. The minimum absolute atomic E-state index is 0.409. The van der Waals surface area contributed by atoms with Crippen LogP contribution in [0.5, 0.6) is 0 Å². The van der Waals surface area contributed by atoms with Crippen LogP contribution in [-0.4, -0.2) is 26.1 Å². The summed E-state index contributed by atoms with van der Waals surface area (Å²) in [4.78, 5) is 4.25. The Bertz CT molecular complexity index is 510. The minimum Gasteiger partial charge on any atom is -0.411 e. The van der Waals surface area contributed by atoms with Gasteiger partial charge in [-0.3, -0.25) is 0 Å². The Hall–Kier alpha value is -2.30. The Balaban J connectivity index is 2.44. The van der Waals surface area contributed by atoms with E-state index >= 15 is 0 Å². The van der Waals surface area contributed by atoms with Crippen LogP contribution in [0.2, 0.25) is 0 Å². The summed E-state index contributed by atoms with van der Waals surface area (Å²) in [5.74, 6) is 0.515. The summed E-state index contributed by atoms with van der Waals surface area (Å²) in [5, 5.41) is 19.5. The molecule has 1 heterocycles. The van der Waals surface area contributed by atoms with Crippen molar-refractivity contribution in [1.82, 2.24) is 15.2 Å². The van der Waals surface area contributed by atoms with Crippen molar-refractivity contribution in [2.24, 2.45) is 5.16 Å². The van der Waals surface area contributed by atoms with Gasteiger partial charge in [0.25, 0.3) is 0 Å². The zero-order valence-corrected chi connectivity index (χ0v) is 8.70. The summed E-state index contributed by atoms with van der Waals surface area (Å²) in [6.45, 7) is 1.65. The van der Waals surface area contributed by atoms with E-state index in [1.165, 1.54) is 6.20 Å². The SMILES string of the molecule is C/C(=N\O)c1cnnc(-c2ccccc2)n1. The molecule has 16 heavy (non-hydrogen) atoms. The summed E-state index contributed by atoms with van der Waals surface area (Å²) in [6.07, 6.45) is 1.46. The van der Waals surface area contributed by atoms with Gasteiger partial charge < -0.3 is 5.21 Å². The van der Waals surface area contributed by atoms with E-state index in [-0.39, 0.29) is 0 Å². The quantitative estimate of drug-likeness (QED) is 0.469. The highest BCUT2D eigenvalue weighted by Gasteiger charge is 2.05. The Morgan fingerprint density at radius 2 is 2.00 bits per heavy atom. The first kappa shape index (κ1) is 10.2. The van der Waals surface area contributed by atoms with Gasteiger partial charge >= 0.3 is 0 Å². The van der Waals surface area contributed by atoms with Crippen LogP contribution in [0.4, 0.5) is 0 Å². The van der Waals surface area contributed by atoms with Gasteiger partial charge in [0.1, 0.15) is 11.4 Å². The number of nitrogens with zero attached hydrogens (tertiary/aromatic N) is 4. The monoisotopic (exact) mass is 214 g/mol. The molecule has 0 spiro atoms. The predicted octanol–water partition coefficient (Wildman–Crippen LogP) is 1.74. The normalized spacial score (nSPS) is 11.4. The van der Waals surface area contributed by atoms with Gasteiger partial charge in [-0.05, 0) is 6.92 Å². The van der Waals surface area contributed by atoms with Gasteiger partial charge in [-0.2, -0.15) is 5.10 Å². The van der Waals surface area contributed by atoms with Crippen LogP contribution in [-0.2, 0) is 0 Å². The van der Waals surface area contributed by atoms with E-state index in [4.69, 9.17) is 5.21 Å². The standard InChI is InChI=1S/C11H10N4O/c1-8(15-16)10-7-12-14-11(13-10)9-5-3-2-4-6-9/h2-7,16H,1H3/b15-8+. The van der Waals surface area contributed by atoms with Gasteiger partial charge in [-0.25, -0.2) is 4.98 Å². The van der Waals surface area contributed by atoms with Crippen molar-refractivity contribution >= 4 is 5.71 Å². The Morgan fingerprint density at radius 3 is 2.69 bits per heavy atom. The fraction of sp³-hybridized carbons (Fsp3) is 0.0909. The van der Waals surface area contributed by atoms with Gasteiger partial charge in [0.15, 0.2) is 5.82 Å². The maximum absolute atomic E-state index is 8.65. The van der Waals surface area contributed by atoms with Crippen molar-refractivity contribution in [3.8, 4) is 11.4 Å². The van der Waals surface area contributed by atoms with Crippen LogP contribution < -0.4 is 0 Å². The van der Waals surface area contributed by atoms with Crippen molar-refractivity contribution < 1.29 is 5.21 Å². The second-order valence-corrected chi connectivity index (χ2v) is 3.22. The van der Waals surface area contributed by atoms with Gasteiger partial charge in [0.05, 0.1) is 6.20 Å². The van der Waals surface area contributed by atoms with Gasteiger partial charge in [0, 0.05) is 5.56 Å². The number of benzene rings is 1. The largest absolute Gasteiger partial charge is 0.411 e. The Kier molecular flexibility index (Phi) is 2.86. The molecule has 1 aromatic heterocycles. The van der Waals surface area contributed by atoms with E-state index in [9.17, 15) is 0 Å². The third-order valence-corrected chi connectivity index (χ3v) is 2.11. The predicted molar refractivity (Wildman–Crippen MR) is 59.3 cm³/mol. The lowest BCUT2D eigenvalue weighted by atomic mass is 10.2. The molecule has 80 valence electrons. The van der Waals surface area contributed by atoms with Crippen LogP contribution in [0.25, 0.3) is 11.4 Å². The van der Waals surface area contributed by atoms with Crippen molar-refractivity contribution in [2.45, 2.75) is 6.92 Å². The Morgan fingerprint density at radius 1 is 1.25 bits per heavy atom. The lowest BCUT2D eigenvalue weighted by Gasteiger charge is -2.00. The molecule has 0 aliphatic carbocycles. The second-order valence-electron chi connectivity index (χ2n) is 3.22. The molecule has 0 saturated carbocycles. The van der Waals surface area contributed by atoms with E-state index < -0.39 is 0 Å². The fourth-order valence-corrected chi connectivity index (χ4v) is 1.24. The minimum atomic E-state index is 0.409. The summed E-state index contributed by atoms with van der Waals surface area (Å²) in [6, 6.07) is 9.51. The highest BCUT2D eigenvalue weighted by molar-refractivity contribution is 5.96. The highest BCUT2D eigenvalue weighted by Crippen LogP contribution is 2.12. The van der Waals surface area contributed by atoms with E-state index in [2.05, 4.69) is 20.3 Å². The first-order valence-corrected chi connectivity index (χ1v) is 4.75. The molecule has 5 nitrogen and oxygen atoms in total. The number of rotatable bonds is 2. The second kappa shape index (κ2) is 4.48.